The van der Waals surface area contributed by atoms with Crippen LogP contribution in [0.1, 0.15) is 31.9 Å². The Bertz CT molecular complexity index is 697. The molecule has 1 fully saturated rings. The number of ether oxygens (including phenoxy) is 1. The van der Waals surface area contributed by atoms with Crippen LogP contribution in [0.4, 0.5) is 0 Å². The molecule has 1 saturated heterocycles. The minimum Gasteiger partial charge on any atom is -0.375 e. The third-order valence-corrected chi connectivity index (χ3v) is 5.45. The van der Waals surface area contributed by atoms with Crippen LogP contribution in [0, 0.1) is 0 Å². The summed E-state index contributed by atoms with van der Waals surface area (Å²) in [6.45, 7) is 6.92. The van der Waals surface area contributed by atoms with Crippen molar-refractivity contribution in [1.29, 1.82) is 0 Å². The first-order valence-corrected chi connectivity index (χ1v) is 10.1. The van der Waals surface area contributed by atoms with Crippen molar-refractivity contribution in [2.24, 2.45) is 0 Å². The second kappa shape index (κ2) is 10.2. The summed E-state index contributed by atoms with van der Waals surface area (Å²) < 4.78 is 32.4. The van der Waals surface area contributed by atoms with Gasteiger partial charge in [-0.25, -0.2) is 13.1 Å². The number of benzene rings is 1. The Morgan fingerprint density at radius 2 is 1.96 bits per heavy atom. The fraction of sp³-hybridized carbons (Fsp3) is 0.588. The summed E-state index contributed by atoms with van der Waals surface area (Å²) in [5.41, 5.74) is 1.46. The zero-order valence-electron chi connectivity index (χ0n) is 15.3. The lowest BCUT2D eigenvalue weighted by molar-refractivity contribution is -0.129. The van der Waals surface area contributed by atoms with E-state index < -0.39 is 16.1 Å². The number of hydrogen-bond donors (Lipinski definition) is 3. The fourth-order valence-corrected chi connectivity index (χ4v) is 4.29. The number of carbonyl (C=O) groups is 1. The molecule has 0 spiro atoms. The Kier molecular flexibility index (Phi) is 8.99. The Labute approximate surface area is 161 Å². The predicted octanol–water partition coefficient (Wildman–Crippen LogP) is 0.929. The van der Waals surface area contributed by atoms with E-state index in [2.05, 4.69) is 15.4 Å². The molecular formula is C17H28ClN3O4S. The molecule has 2 atom stereocenters. The molecule has 9 heteroatoms. The van der Waals surface area contributed by atoms with Crippen molar-refractivity contribution >= 4 is 28.3 Å². The second-order valence-corrected chi connectivity index (χ2v) is 8.28. The van der Waals surface area contributed by atoms with Crippen molar-refractivity contribution in [3.05, 3.63) is 35.4 Å². The van der Waals surface area contributed by atoms with Crippen LogP contribution >= 0.6 is 12.4 Å². The van der Waals surface area contributed by atoms with Crippen molar-refractivity contribution in [1.82, 2.24) is 15.4 Å². The van der Waals surface area contributed by atoms with Gasteiger partial charge in [0.2, 0.25) is 15.9 Å². The number of carbonyl (C=O) groups excluding carboxylic acids is 1. The smallest absolute Gasteiger partial charge is 0.240 e. The maximum Gasteiger partial charge on any atom is 0.240 e. The predicted molar refractivity (Wildman–Crippen MR) is 104 cm³/mol. The third-order valence-electron chi connectivity index (χ3n) is 3.93. The van der Waals surface area contributed by atoms with Crippen LogP contribution in [0.5, 0.6) is 0 Å². The Morgan fingerprint density at radius 3 is 2.58 bits per heavy atom. The molecule has 0 unspecified atom stereocenters. The maximum absolute atomic E-state index is 12.3. The Balaban J connectivity index is 0.00000338. The number of hydrogen-bond acceptors (Lipinski definition) is 5. The van der Waals surface area contributed by atoms with Crippen molar-refractivity contribution in [2.75, 3.05) is 13.2 Å². The van der Waals surface area contributed by atoms with Gasteiger partial charge in [-0.2, -0.15) is 0 Å². The lowest BCUT2D eigenvalue weighted by Gasteiger charge is -2.29. The van der Waals surface area contributed by atoms with Gasteiger partial charge in [-0.3, -0.25) is 4.79 Å². The van der Waals surface area contributed by atoms with E-state index in [1.54, 1.807) is 26.0 Å². The molecule has 3 N–H and O–H groups in total. The number of rotatable bonds is 7. The molecule has 0 bridgehead atoms. The maximum atomic E-state index is 12.3. The summed E-state index contributed by atoms with van der Waals surface area (Å²) in [7, 11) is -3.42. The first kappa shape index (κ1) is 22.9. The van der Waals surface area contributed by atoms with Gasteiger partial charge in [0, 0.05) is 19.1 Å². The second-order valence-electron chi connectivity index (χ2n) is 6.53. The quantitative estimate of drug-likeness (QED) is 0.627. The molecular weight excluding hydrogens is 378 g/mol. The molecule has 26 heavy (non-hydrogen) atoms. The number of sulfonamides is 1. The summed E-state index contributed by atoms with van der Waals surface area (Å²) in [6, 6.07) is 6.67. The highest BCUT2D eigenvalue weighted by atomic mass is 35.5. The molecule has 1 aliphatic rings. The molecule has 7 nitrogen and oxygen atoms in total. The van der Waals surface area contributed by atoms with Crippen molar-refractivity contribution in [2.45, 2.75) is 51.3 Å². The van der Waals surface area contributed by atoms with Gasteiger partial charge in [-0.05, 0) is 31.9 Å². The molecule has 0 saturated carbocycles. The number of halogens is 1. The van der Waals surface area contributed by atoms with E-state index in [0.717, 1.165) is 5.56 Å². The van der Waals surface area contributed by atoms with E-state index in [1.165, 1.54) is 0 Å². The normalized spacial score (nSPS) is 20.5. The SMILES string of the molecule is CC(C)NS(=O)(=O)Cc1ccccc1CNC(=O)[C@H]1NCCO[C@@H]1C.Cl. The summed E-state index contributed by atoms with van der Waals surface area (Å²) in [5, 5.41) is 6.01. The minimum absolute atomic E-state index is 0. The molecule has 148 valence electrons. The van der Waals surface area contributed by atoms with Crippen molar-refractivity contribution in [3.63, 3.8) is 0 Å². The Morgan fingerprint density at radius 1 is 1.31 bits per heavy atom. The molecule has 1 aliphatic heterocycles. The lowest BCUT2D eigenvalue weighted by Crippen LogP contribution is -2.55. The average Bonchev–Trinajstić information content (AvgIpc) is 2.52. The van der Waals surface area contributed by atoms with E-state index in [1.807, 2.05) is 19.1 Å². The molecule has 1 amide bonds. The van der Waals surface area contributed by atoms with Crippen LogP contribution in [0.3, 0.4) is 0 Å². The highest BCUT2D eigenvalue weighted by Crippen LogP contribution is 2.13. The molecule has 0 radical (unpaired) electrons. The van der Waals surface area contributed by atoms with E-state index in [9.17, 15) is 13.2 Å². The molecule has 0 aliphatic carbocycles. The summed E-state index contributed by atoms with van der Waals surface area (Å²) >= 11 is 0. The van der Waals surface area contributed by atoms with Crippen molar-refractivity contribution < 1.29 is 17.9 Å². The summed E-state index contributed by atoms with van der Waals surface area (Å²) in [4.78, 5) is 12.3. The first-order chi connectivity index (χ1) is 11.8. The van der Waals surface area contributed by atoms with Gasteiger partial charge >= 0.3 is 0 Å². The van der Waals surface area contributed by atoms with Gasteiger partial charge in [0.1, 0.15) is 6.04 Å². The van der Waals surface area contributed by atoms with Gasteiger partial charge in [-0.1, -0.05) is 24.3 Å². The van der Waals surface area contributed by atoms with Crippen LogP contribution in [-0.2, 0) is 31.9 Å². The third kappa shape index (κ3) is 6.85. The fourth-order valence-electron chi connectivity index (χ4n) is 2.80. The summed E-state index contributed by atoms with van der Waals surface area (Å²) in [5.74, 6) is -0.261. The lowest BCUT2D eigenvalue weighted by atomic mass is 10.1. The molecule has 1 heterocycles. The van der Waals surface area contributed by atoms with Crippen molar-refractivity contribution in [3.8, 4) is 0 Å². The average molecular weight is 406 g/mol. The molecule has 0 aromatic heterocycles. The topological polar surface area (TPSA) is 96.5 Å². The van der Waals surface area contributed by atoms with E-state index in [4.69, 9.17) is 4.74 Å². The largest absolute Gasteiger partial charge is 0.375 e. The zero-order valence-corrected chi connectivity index (χ0v) is 17.0. The monoisotopic (exact) mass is 405 g/mol. The minimum atomic E-state index is -3.42. The zero-order chi connectivity index (χ0) is 18.4. The van der Waals surface area contributed by atoms with Crippen LogP contribution in [0.2, 0.25) is 0 Å². The number of amides is 1. The van der Waals surface area contributed by atoms with Gasteiger partial charge in [0.15, 0.2) is 0 Å². The van der Waals surface area contributed by atoms with E-state index in [0.29, 0.717) is 18.7 Å². The van der Waals surface area contributed by atoms with Crippen LogP contribution < -0.4 is 15.4 Å². The highest BCUT2D eigenvalue weighted by Gasteiger charge is 2.28. The van der Waals surface area contributed by atoms with Gasteiger partial charge in [0.05, 0.1) is 18.5 Å². The first-order valence-electron chi connectivity index (χ1n) is 8.48. The van der Waals surface area contributed by atoms with Crippen LogP contribution in [0.15, 0.2) is 24.3 Å². The number of nitrogens with one attached hydrogen (secondary N) is 3. The Hall–Kier alpha value is -1.19. The standard InChI is InChI=1S/C17H27N3O4S.ClH/c1-12(2)20-25(22,23)11-15-7-5-4-6-14(15)10-19-17(21)16-13(3)24-9-8-18-16;/h4-7,12-13,16,18,20H,8-11H2,1-3H3,(H,19,21);1H/t13-,16+;/m1./s1. The number of morpholine rings is 1. The highest BCUT2D eigenvalue weighted by molar-refractivity contribution is 7.88. The van der Waals surface area contributed by atoms with Gasteiger partial charge < -0.3 is 15.4 Å². The molecule has 2 rings (SSSR count). The van der Waals surface area contributed by atoms with Gasteiger partial charge in [-0.15, -0.1) is 12.4 Å². The van der Waals surface area contributed by atoms with Crippen LogP contribution in [0.25, 0.3) is 0 Å². The summed E-state index contributed by atoms with van der Waals surface area (Å²) in [6.07, 6.45) is -0.195. The van der Waals surface area contributed by atoms with E-state index >= 15 is 0 Å². The van der Waals surface area contributed by atoms with E-state index in [-0.39, 0.29) is 42.8 Å². The van der Waals surface area contributed by atoms with Gasteiger partial charge in [0.25, 0.3) is 0 Å². The molecule has 1 aromatic carbocycles. The molecule has 1 aromatic rings. The van der Waals surface area contributed by atoms with Crippen LogP contribution in [-0.4, -0.2) is 45.7 Å².